The molecule has 0 aliphatic carbocycles. The SMILES string of the molecule is NCCCc1cn(Cc2cccc(Cl)c2)nn1. The molecule has 2 aromatic rings. The van der Waals surface area contributed by atoms with E-state index < -0.39 is 0 Å². The molecule has 0 saturated carbocycles. The molecule has 1 heterocycles. The van der Waals surface area contributed by atoms with Crippen molar-refractivity contribution in [1.29, 1.82) is 0 Å². The maximum atomic E-state index is 5.93. The van der Waals surface area contributed by atoms with Crippen LogP contribution in [-0.2, 0) is 13.0 Å². The Morgan fingerprint density at radius 2 is 2.24 bits per heavy atom. The molecule has 2 rings (SSSR count). The molecule has 1 aromatic heterocycles. The number of hydrogen-bond donors (Lipinski definition) is 1. The van der Waals surface area contributed by atoms with Crippen LogP contribution in [0.15, 0.2) is 30.5 Å². The molecule has 90 valence electrons. The van der Waals surface area contributed by atoms with Crippen LogP contribution in [0.2, 0.25) is 5.02 Å². The van der Waals surface area contributed by atoms with E-state index in [0.29, 0.717) is 13.1 Å². The third-order valence-corrected chi connectivity index (χ3v) is 2.69. The molecule has 4 nitrogen and oxygen atoms in total. The van der Waals surface area contributed by atoms with Crippen LogP contribution in [-0.4, -0.2) is 21.5 Å². The van der Waals surface area contributed by atoms with Gasteiger partial charge in [0.1, 0.15) is 0 Å². The first kappa shape index (κ1) is 12.1. The molecule has 0 radical (unpaired) electrons. The fourth-order valence-corrected chi connectivity index (χ4v) is 1.85. The van der Waals surface area contributed by atoms with Crippen molar-refractivity contribution in [3.8, 4) is 0 Å². The molecule has 2 N–H and O–H groups in total. The third kappa shape index (κ3) is 3.54. The van der Waals surface area contributed by atoms with Crippen LogP contribution in [0.25, 0.3) is 0 Å². The Kier molecular flexibility index (Phi) is 4.12. The Morgan fingerprint density at radius 3 is 3.00 bits per heavy atom. The average Bonchev–Trinajstić information content (AvgIpc) is 2.74. The van der Waals surface area contributed by atoms with Crippen LogP contribution in [0.1, 0.15) is 17.7 Å². The lowest BCUT2D eigenvalue weighted by atomic mass is 10.2. The zero-order valence-corrected chi connectivity index (χ0v) is 10.3. The minimum Gasteiger partial charge on any atom is -0.330 e. The van der Waals surface area contributed by atoms with Gasteiger partial charge in [0.05, 0.1) is 12.2 Å². The highest BCUT2D eigenvalue weighted by atomic mass is 35.5. The largest absolute Gasteiger partial charge is 0.330 e. The van der Waals surface area contributed by atoms with Gasteiger partial charge in [-0.05, 0) is 37.1 Å². The quantitative estimate of drug-likeness (QED) is 0.882. The van der Waals surface area contributed by atoms with E-state index in [1.54, 1.807) is 0 Å². The van der Waals surface area contributed by atoms with Crippen LogP contribution < -0.4 is 5.73 Å². The van der Waals surface area contributed by atoms with E-state index in [-0.39, 0.29) is 0 Å². The first-order valence-corrected chi connectivity index (χ1v) is 5.99. The minimum atomic E-state index is 0.682. The van der Waals surface area contributed by atoms with Crippen molar-refractivity contribution in [1.82, 2.24) is 15.0 Å². The number of benzene rings is 1. The third-order valence-electron chi connectivity index (χ3n) is 2.46. The Bertz CT molecular complexity index is 481. The van der Waals surface area contributed by atoms with Crippen LogP contribution >= 0.6 is 11.6 Å². The summed E-state index contributed by atoms with van der Waals surface area (Å²) in [4.78, 5) is 0. The number of halogens is 1. The second kappa shape index (κ2) is 5.80. The van der Waals surface area contributed by atoms with Crippen molar-refractivity contribution in [2.24, 2.45) is 5.73 Å². The van der Waals surface area contributed by atoms with Gasteiger partial charge in [-0.2, -0.15) is 0 Å². The number of nitrogens with two attached hydrogens (primary N) is 1. The maximum Gasteiger partial charge on any atom is 0.0827 e. The molecule has 0 aliphatic heterocycles. The summed E-state index contributed by atoms with van der Waals surface area (Å²) >= 11 is 5.93. The Balaban J connectivity index is 2.01. The van der Waals surface area contributed by atoms with E-state index in [9.17, 15) is 0 Å². The molecule has 0 unspecified atom stereocenters. The van der Waals surface area contributed by atoms with Crippen molar-refractivity contribution in [3.63, 3.8) is 0 Å². The highest BCUT2D eigenvalue weighted by Crippen LogP contribution is 2.11. The van der Waals surface area contributed by atoms with E-state index in [4.69, 9.17) is 17.3 Å². The van der Waals surface area contributed by atoms with Gasteiger partial charge in [0.2, 0.25) is 0 Å². The van der Waals surface area contributed by atoms with Crippen molar-refractivity contribution >= 4 is 11.6 Å². The molecule has 0 amide bonds. The predicted molar refractivity (Wildman–Crippen MR) is 68.0 cm³/mol. The molecule has 0 atom stereocenters. The van der Waals surface area contributed by atoms with Crippen LogP contribution in [0.4, 0.5) is 0 Å². The summed E-state index contributed by atoms with van der Waals surface area (Å²) in [5.41, 5.74) is 7.56. The summed E-state index contributed by atoms with van der Waals surface area (Å²) in [5, 5.41) is 8.92. The van der Waals surface area contributed by atoms with Gasteiger partial charge in [0, 0.05) is 11.2 Å². The number of nitrogens with zero attached hydrogens (tertiary/aromatic N) is 3. The Hall–Kier alpha value is -1.39. The molecule has 0 saturated heterocycles. The van der Waals surface area contributed by atoms with Gasteiger partial charge in [-0.15, -0.1) is 5.10 Å². The summed E-state index contributed by atoms with van der Waals surface area (Å²) in [7, 11) is 0. The molecule has 1 aromatic carbocycles. The van der Waals surface area contributed by atoms with E-state index in [0.717, 1.165) is 29.1 Å². The van der Waals surface area contributed by atoms with Crippen LogP contribution in [0.3, 0.4) is 0 Å². The molecular formula is C12H15ClN4. The van der Waals surface area contributed by atoms with Gasteiger partial charge in [-0.1, -0.05) is 28.9 Å². The van der Waals surface area contributed by atoms with Gasteiger partial charge in [0.25, 0.3) is 0 Å². The summed E-state index contributed by atoms with van der Waals surface area (Å²) in [6.07, 6.45) is 3.78. The summed E-state index contributed by atoms with van der Waals surface area (Å²) in [6, 6.07) is 7.75. The fourth-order valence-electron chi connectivity index (χ4n) is 1.64. The first-order chi connectivity index (χ1) is 8.28. The number of aromatic nitrogens is 3. The maximum absolute atomic E-state index is 5.93. The summed E-state index contributed by atoms with van der Waals surface area (Å²) in [5.74, 6) is 0. The number of rotatable bonds is 5. The number of hydrogen-bond acceptors (Lipinski definition) is 3. The second-order valence-electron chi connectivity index (χ2n) is 3.93. The average molecular weight is 251 g/mol. The van der Waals surface area contributed by atoms with Crippen molar-refractivity contribution in [3.05, 3.63) is 46.7 Å². The predicted octanol–water partition coefficient (Wildman–Crippen LogP) is 1.87. The van der Waals surface area contributed by atoms with Crippen LogP contribution in [0, 0.1) is 0 Å². The molecule has 0 aliphatic rings. The van der Waals surface area contributed by atoms with E-state index >= 15 is 0 Å². The lowest BCUT2D eigenvalue weighted by Crippen LogP contribution is -2.01. The van der Waals surface area contributed by atoms with Crippen LogP contribution in [0.5, 0.6) is 0 Å². The summed E-state index contributed by atoms with van der Waals surface area (Å²) in [6.45, 7) is 1.37. The molecule has 0 spiro atoms. The molecule has 5 heteroatoms. The van der Waals surface area contributed by atoms with Gasteiger partial charge in [0.15, 0.2) is 0 Å². The molecule has 17 heavy (non-hydrogen) atoms. The Morgan fingerprint density at radius 1 is 1.35 bits per heavy atom. The van der Waals surface area contributed by atoms with Crippen molar-refractivity contribution in [2.75, 3.05) is 6.54 Å². The zero-order chi connectivity index (χ0) is 12.1. The van der Waals surface area contributed by atoms with Crippen molar-refractivity contribution < 1.29 is 0 Å². The smallest absolute Gasteiger partial charge is 0.0827 e. The lowest BCUT2D eigenvalue weighted by molar-refractivity contribution is 0.649. The fraction of sp³-hybridized carbons (Fsp3) is 0.333. The van der Waals surface area contributed by atoms with E-state index in [2.05, 4.69) is 10.3 Å². The van der Waals surface area contributed by atoms with Gasteiger partial charge >= 0.3 is 0 Å². The Labute approximate surface area is 105 Å². The number of aryl methyl sites for hydroxylation is 1. The molecule has 0 fully saturated rings. The van der Waals surface area contributed by atoms with Gasteiger partial charge < -0.3 is 5.73 Å². The molecular weight excluding hydrogens is 236 g/mol. The van der Waals surface area contributed by atoms with E-state index in [1.165, 1.54) is 0 Å². The topological polar surface area (TPSA) is 56.7 Å². The minimum absolute atomic E-state index is 0.682. The normalized spacial score (nSPS) is 10.7. The van der Waals surface area contributed by atoms with E-state index in [1.807, 2.05) is 35.1 Å². The van der Waals surface area contributed by atoms with Crippen molar-refractivity contribution in [2.45, 2.75) is 19.4 Å². The zero-order valence-electron chi connectivity index (χ0n) is 9.51. The highest BCUT2D eigenvalue weighted by molar-refractivity contribution is 6.30. The first-order valence-electron chi connectivity index (χ1n) is 5.61. The standard InChI is InChI=1S/C12H15ClN4/c13-11-4-1-3-10(7-11)8-17-9-12(15-16-17)5-2-6-14/h1,3-4,7,9H,2,5-6,8,14H2. The van der Waals surface area contributed by atoms with Gasteiger partial charge in [-0.3, -0.25) is 0 Å². The molecule has 0 bridgehead atoms. The monoisotopic (exact) mass is 250 g/mol. The van der Waals surface area contributed by atoms with Gasteiger partial charge in [-0.25, -0.2) is 4.68 Å². The second-order valence-corrected chi connectivity index (χ2v) is 4.37. The highest BCUT2D eigenvalue weighted by Gasteiger charge is 2.01. The summed E-state index contributed by atoms with van der Waals surface area (Å²) < 4.78 is 1.82. The lowest BCUT2D eigenvalue weighted by Gasteiger charge is -2.00.